The van der Waals surface area contributed by atoms with Gasteiger partial charge in [0.2, 0.25) is 0 Å². The molecule has 3 rings (SSSR count). The van der Waals surface area contributed by atoms with E-state index in [1.807, 2.05) is 6.92 Å². The minimum Gasteiger partial charge on any atom is -0.508 e. The molecule has 0 saturated heterocycles. The van der Waals surface area contributed by atoms with Gasteiger partial charge in [-0.3, -0.25) is 9.52 Å². The highest BCUT2D eigenvalue weighted by atomic mass is 35.5. The Kier molecular flexibility index (Phi) is 7.27. The molecule has 3 N–H and O–H groups in total. The zero-order chi connectivity index (χ0) is 23.3. The van der Waals surface area contributed by atoms with Crippen molar-refractivity contribution in [2.24, 2.45) is 0 Å². The summed E-state index contributed by atoms with van der Waals surface area (Å²) in [7, 11) is -4.06. The fourth-order valence-corrected chi connectivity index (χ4v) is 4.64. The number of carbonyl (C=O) groups excluding carboxylic acids is 1. The number of phenolic OH excluding ortho intramolecular Hbond substituents is 1. The molecule has 0 spiro atoms. The first-order valence-corrected chi connectivity index (χ1v) is 11.7. The van der Waals surface area contributed by atoms with Crippen LogP contribution in [-0.2, 0) is 10.0 Å². The highest BCUT2D eigenvalue weighted by Gasteiger charge is 2.22. The van der Waals surface area contributed by atoms with Gasteiger partial charge in [-0.1, -0.05) is 29.8 Å². The molecule has 1 atom stereocenters. The minimum atomic E-state index is -4.06. The lowest BCUT2D eigenvalue weighted by Crippen LogP contribution is -2.27. The van der Waals surface area contributed by atoms with Crippen molar-refractivity contribution < 1.29 is 23.1 Å². The molecule has 0 aliphatic carbocycles. The molecule has 0 bridgehead atoms. The van der Waals surface area contributed by atoms with E-state index in [9.17, 15) is 18.3 Å². The third-order valence-electron chi connectivity index (χ3n) is 4.65. The molecule has 0 heterocycles. The van der Waals surface area contributed by atoms with Crippen LogP contribution < -0.4 is 14.8 Å². The molecule has 0 radical (unpaired) electrons. The van der Waals surface area contributed by atoms with Gasteiger partial charge in [-0.15, -0.1) is 0 Å². The minimum absolute atomic E-state index is 0.0197. The molecule has 0 aliphatic heterocycles. The highest BCUT2D eigenvalue weighted by molar-refractivity contribution is 7.92. The number of hydrogen-bond acceptors (Lipinski definition) is 5. The number of rotatable bonds is 8. The van der Waals surface area contributed by atoms with Crippen LogP contribution in [0.3, 0.4) is 0 Å². The molecular formula is C23H23ClN2O5S. The molecule has 0 aromatic heterocycles. The first-order chi connectivity index (χ1) is 15.2. The topological polar surface area (TPSA) is 105 Å². The van der Waals surface area contributed by atoms with Crippen molar-refractivity contribution in [2.75, 3.05) is 11.3 Å². The molecule has 9 heteroatoms. The van der Waals surface area contributed by atoms with E-state index in [2.05, 4.69) is 10.0 Å². The van der Waals surface area contributed by atoms with Crippen molar-refractivity contribution >= 4 is 33.2 Å². The quantitative estimate of drug-likeness (QED) is 0.437. The lowest BCUT2D eigenvalue weighted by Gasteiger charge is -2.16. The molecule has 32 heavy (non-hydrogen) atoms. The summed E-state index contributed by atoms with van der Waals surface area (Å²) in [4.78, 5) is 12.5. The van der Waals surface area contributed by atoms with E-state index in [0.29, 0.717) is 23.6 Å². The van der Waals surface area contributed by atoms with Crippen LogP contribution in [0.25, 0.3) is 0 Å². The number of benzene rings is 3. The van der Waals surface area contributed by atoms with Gasteiger partial charge in [0.05, 0.1) is 17.7 Å². The number of halogens is 1. The SMILES string of the molecule is CCOc1ccc(NS(=O)(=O)c2cc(C(=O)N[C@H](C)c3ccccc3O)ccc2Cl)cc1. The summed E-state index contributed by atoms with van der Waals surface area (Å²) in [5.41, 5.74) is 0.983. The number of ether oxygens (including phenoxy) is 1. The molecule has 0 fully saturated rings. The largest absolute Gasteiger partial charge is 0.508 e. The van der Waals surface area contributed by atoms with Crippen LogP contribution in [0.15, 0.2) is 71.6 Å². The zero-order valence-electron chi connectivity index (χ0n) is 17.5. The maximum absolute atomic E-state index is 12.9. The number of aromatic hydroxyl groups is 1. The van der Waals surface area contributed by atoms with Crippen LogP contribution in [0.1, 0.15) is 35.8 Å². The monoisotopic (exact) mass is 474 g/mol. The molecule has 3 aromatic rings. The molecular weight excluding hydrogens is 452 g/mol. The van der Waals surface area contributed by atoms with Crippen LogP contribution in [-0.4, -0.2) is 26.0 Å². The Morgan fingerprint density at radius 2 is 1.78 bits per heavy atom. The van der Waals surface area contributed by atoms with E-state index < -0.39 is 22.0 Å². The van der Waals surface area contributed by atoms with E-state index in [0.717, 1.165) is 0 Å². The number of phenols is 1. The second-order valence-corrected chi connectivity index (χ2v) is 9.02. The second-order valence-electron chi connectivity index (χ2n) is 6.96. The number of nitrogens with one attached hydrogen (secondary N) is 2. The van der Waals surface area contributed by atoms with Crippen molar-refractivity contribution in [3.63, 3.8) is 0 Å². The van der Waals surface area contributed by atoms with Gasteiger partial charge in [0.15, 0.2) is 0 Å². The second kappa shape index (κ2) is 9.93. The fourth-order valence-electron chi connectivity index (χ4n) is 3.06. The Balaban J connectivity index is 1.81. The van der Waals surface area contributed by atoms with Crippen molar-refractivity contribution in [3.05, 3.63) is 82.9 Å². The number of amides is 1. The third kappa shape index (κ3) is 5.52. The van der Waals surface area contributed by atoms with Gasteiger partial charge in [-0.25, -0.2) is 8.42 Å². The van der Waals surface area contributed by atoms with Crippen LogP contribution in [0.2, 0.25) is 5.02 Å². The van der Waals surface area contributed by atoms with E-state index in [1.54, 1.807) is 49.4 Å². The lowest BCUT2D eigenvalue weighted by atomic mass is 10.1. The van der Waals surface area contributed by atoms with E-state index in [-0.39, 0.29) is 21.2 Å². The first kappa shape index (κ1) is 23.4. The first-order valence-electron chi connectivity index (χ1n) is 9.85. The summed E-state index contributed by atoms with van der Waals surface area (Å²) in [5.74, 6) is 0.167. The van der Waals surface area contributed by atoms with E-state index in [4.69, 9.17) is 16.3 Å². The predicted octanol–water partition coefficient (Wildman–Crippen LogP) is 4.74. The number of sulfonamides is 1. The van der Waals surface area contributed by atoms with Gasteiger partial charge >= 0.3 is 0 Å². The summed E-state index contributed by atoms with van der Waals surface area (Å²) in [6.45, 7) is 4.07. The van der Waals surface area contributed by atoms with Gasteiger partial charge in [-0.05, 0) is 62.4 Å². The van der Waals surface area contributed by atoms with Crippen LogP contribution in [0.4, 0.5) is 5.69 Å². The maximum Gasteiger partial charge on any atom is 0.263 e. The Morgan fingerprint density at radius 3 is 2.44 bits per heavy atom. The molecule has 0 aliphatic rings. The van der Waals surface area contributed by atoms with Gasteiger partial charge < -0.3 is 15.2 Å². The average Bonchev–Trinajstić information content (AvgIpc) is 2.75. The van der Waals surface area contributed by atoms with Crippen LogP contribution >= 0.6 is 11.6 Å². The number of hydrogen-bond donors (Lipinski definition) is 3. The number of anilines is 1. The highest BCUT2D eigenvalue weighted by Crippen LogP contribution is 2.27. The average molecular weight is 475 g/mol. The Bertz CT molecular complexity index is 1210. The molecule has 3 aromatic carbocycles. The zero-order valence-corrected chi connectivity index (χ0v) is 19.1. The normalized spacial score (nSPS) is 12.1. The van der Waals surface area contributed by atoms with Crippen molar-refractivity contribution in [1.82, 2.24) is 5.32 Å². The standard InChI is InChI=1S/C23H23ClN2O5S/c1-3-31-18-11-9-17(10-12-18)26-32(29,30)22-14-16(8-13-20(22)24)23(28)25-15(2)19-6-4-5-7-21(19)27/h4-15,26-27H,3H2,1-2H3,(H,25,28)/t15-/m1/s1. The summed E-state index contributed by atoms with van der Waals surface area (Å²) in [5, 5.41) is 12.7. The Hall–Kier alpha value is -3.23. The van der Waals surface area contributed by atoms with Gasteiger partial charge in [0, 0.05) is 16.8 Å². The number of carbonyl (C=O) groups is 1. The summed E-state index contributed by atoms with van der Waals surface area (Å²) < 4.78 is 33.6. The number of para-hydroxylation sites is 1. The summed E-state index contributed by atoms with van der Waals surface area (Å²) in [6, 6.07) is 16.6. The van der Waals surface area contributed by atoms with Crippen LogP contribution in [0, 0.1) is 0 Å². The molecule has 0 unspecified atom stereocenters. The van der Waals surface area contributed by atoms with E-state index >= 15 is 0 Å². The molecule has 0 saturated carbocycles. The predicted molar refractivity (Wildman–Crippen MR) is 124 cm³/mol. The van der Waals surface area contributed by atoms with Crippen molar-refractivity contribution in [1.29, 1.82) is 0 Å². The van der Waals surface area contributed by atoms with Gasteiger partial charge in [-0.2, -0.15) is 0 Å². The lowest BCUT2D eigenvalue weighted by molar-refractivity contribution is 0.0939. The van der Waals surface area contributed by atoms with E-state index in [1.165, 1.54) is 24.3 Å². The van der Waals surface area contributed by atoms with Gasteiger partial charge in [0.25, 0.3) is 15.9 Å². The van der Waals surface area contributed by atoms with Crippen molar-refractivity contribution in [2.45, 2.75) is 24.8 Å². The van der Waals surface area contributed by atoms with Gasteiger partial charge in [0.1, 0.15) is 16.4 Å². The summed E-state index contributed by atoms with van der Waals surface area (Å²) >= 11 is 6.14. The molecule has 7 nitrogen and oxygen atoms in total. The summed E-state index contributed by atoms with van der Waals surface area (Å²) in [6.07, 6.45) is 0. The maximum atomic E-state index is 12.9. The Labute approximate surface area is 192 Å². The van der Waals surface area contributed by atoms with Crippen LogP contribution in [0.5, 0.6) is 11.5 Å². The molecule has 1 amide bonds. The third-order valence-corrected chi connectivity index (χ3v) is 6.51. The molecule has 168 valence electrons. The fraction of sp³-hybridized carbons (Fsp3) is 0.174. The smallest absolute Gasteiger partial charge is 0.263 e. The van der Waals surface area contributed by atoms with Crippen molar-refractivity contribution in [3.8, 4) is 11.5 Å². The Morgan fingerprint density at radius 1 is 1.09 bits per heavy atom.